The largest absolute Gasteiger partial charge is 0.360 e. The first-order chi connectivity index (χ1) is 8.90. The average molecular weight is 326 g/mol. The highest BCUT2D eigenvalue weighted by Gasteiger charge is 2.36. The minimum absolute atomic E-state index is 0.132. The first-order valence-electron chi connectivity index (χ1n) is 6.80. The maximum absolute atomic E-state index is 3.56. The number of nitrogens with zero attached hydrogens (tertiary/aromatic N) is 2. The molecule has 1 atom stereocenters. The molecule has 3 nitrogen and oxygen atoms in total. The molecule has 0 aliphatic carbocycles. The van der Waals surface area contributed by atoms with Gasteiger partial charge in [0.15, 0.2) is 0 Å². The fourth-order valence-electron chi connectivity index (χ4n) is 2.95. The third-order valence-corrected chi connectivity index (χ3v) is 4.16. The predicted molar refractivity (Wildman–Crippen MR) is 85.9 cm³/mol. The van der Waals surface area contributed by atoms with E-state index in [0.29, 0.717) is 6.04 Å². The summed E-state index contributed by atoms with van der Waals surface area (Å²) in [6.45, 7) is 7.74. The van der Waals surface area contributed by atoms with Crippen molar-refractivity contribution in [3.8, 4) is 0 Å². The number of hydrogen-bond acceptors (Lipinski definition) is 3. The van der Waals surface area contributed by atoms with Crippen LogP contribution in [0.2, 0.25) is 0 Å². The van der Waals surface area contributed by atoms with Gasteiger partial charge in [0.1, 0.15) is 0 Å². The van der Waals surface area contributed by atoms with Crippen LogP contribution in [0.25, 0.3) is 0 Å². The van der Waals surface area contributed by atoms with Crippen LogP contribution in [-0.2, 0) is 0 Å². The lowest BCUT2D eigenvalue weighted by molar-refractivity contribution is 0.271. The molecule has 1 N–H and O–H groups in total. The minimum atomic E-state index is 0.132. The van der Waals surface area contributed by atoms with Crippen LogP contribution < -0.4 is 10.2 Å². The summed E-state index contributed by atoms with van der Waals surface area (Å²) in [5.74, 6) is 0. The predicted octanol–water partition coefficient (Wildman–Crippen LogP) is 2.57. The quantitative estimate of drug-likeness (QED) is 0.921. The van der Waals surface area contributed by atoms with E-state index in [9.17, 15) is 0 Å². The van der Waals surface area contributed by atoms with E-state index < -0.39 is 0 Å². The maximum Gasteiger partial charge on any atom is 0.0547 e. The molecule has 4 heteroatoms. The summed E-state index contributed by atoms with van der Waals surface area (Å²) in [6, 6.07) is 9.17. The maximum atomic E-state index is 3.56. The van der Waals surface area contributed by atoms with E-state index in [1.165, 1.54) is 5.69 Å². The molecule has 1 unspecified atom stereocenters. The molecule has 106 valence electrons. The summed E-state index contributed by atoms with van der Waals surface area (Å²) in [7, 11) is 4.28. The third kappa shape index (κ3) is 3.50. The zero-order chi connectivity index (χ0) is 14.0. The van der Waals surface area contributed by atoms with Crippen LogP contribution in [0.15, 0.2) is 28.7 Å². The lowest BCUT2D eigenvalue weighted by atomic mass is 9.94. The Morgan fingerprint density at radius 2 is 1.95 bits per heavy atom. The molecule has 0 amide bonds. The number of nitrogens with one attached hydrogen (secondary N) is 1. The van der Waals surface area contributed by atoms with Crippen LogP contribution in [0.1, 0.15) is 13.8 Å². The van der Waals surface area contributed by atoms with E-state index in [-0.39, 0.29) is 5.54 Å². The molecular formula is C15H24BrN3. The van der Waals surface area contributed by atoms with Gasteiger partial charge in [-0.05, 0) is 52.2 Å². The van der Waals surface area contributed by atoms with Gasteiger partial charge in [-0.15, -0.1) is 0 Å². The van der Waals surface area contributed by atoms with Crippen LogP contribution in [0.3, 0.4) is 0 Å². The summed E-state index contributed by atoms with van der Waals surface area (Å²) < 4.78 is 1.13. The van der Waals surface area contributed by atoms with E-state index in [1.54, 1.807) is 0 Å². The molecule has 1 aromatic rings. The number of hydrogen-bond donors (Lipinski definition) is 1. The highest BCUT2D eigenvalue weighted by Crippen LogP contribution is 2.30. The molecule has 1 saturated heterocycles. The van der Waals surface area contributed by atoms with Gasteiger partial charge >= 0.3 is 0 Å². The van der Waals surface area contributed by atoms with Gasteiger partial charge in [-0.3, -0.25) is 0 Å². The van der Waals surface area contributed by atoms with E-state index in [2.05, 4.69) is 83.3 Å². The molecule has 1 aromatic carbocycles. The van der Waals surface area contributed by atoms with Gasteiger partial charge in [0.25, 0.3) is 0 Å². The standard InChI is InChI=1S/C15H24BrN3/c1-15(2)11-17-9-14(10-18(3)4)19(15)13-7-5-12(16)6-8-13/h5-8,14,17H,9-11H2,1-4H3. The fourth-order valence-corrected chi connectivity index (χ4v) is 3.21. The van der Waals surface area contributed by atoms with Gasteiger partial charge in [-0.25, -0.2) is 0 Å². The van der Waals surface area contributed by atoms with Crippen molar-refractivity contribution >= 4 is 21.6 Å². The van der Waals surface area contributed by atoms with Crippen molar-refractivity contribution in [3.63, 3.8) is 0 Å². The van der Waals surface area contributed by atoms with E-state index in [4.69, 9.17) is 0 Å². The number of anilines is 1. The van der Waals surface area contributed by atoms with Crippen molar-refractivity contribution in [1.82, 2.24) is 10.2 Å². The Morgan fingerprint density at radius 1 is 1.32 bits per heavy atom. The molecule has 0 aromatic heterocycles. The smallest absolute Gasteiger partial charge is 0.0547 e. The lowest BCUT2D eigenvalue weighted by Gasteiger charge is -2.50. The Balaban J connectivity index is 2.30. The monoisotopic (exact) mass is 325 g/mol. The van der Waals surface area contributed by atoms with Gasteiger partial charge in [0.2, 0.25) is 0 Å². The summed E-state index contributed by atoms with van der Waals surface area (Å²) >= 11 is 3.51. The number of benzene rings is 1. The van der Waals surface area contributed by atoms with E-state index in [0.717, 1.165) is 24.1 Å². The second-order valence-corrected chi connectivity index (χ2v) is 7.12. The van der Waals surface area contributed by atoms with Gasteiger partial charge in [0, 0.05) is 35.3 Å². The summed E-state index contributed by atoms with van der Waals surface area (Å²) in [5, 5.41) is 3.56. The van der Waals surface area contributed by atoms with E-state index >= 15 is 0 Å². The molecule has 2 rings (SSSR count). The molecule has 0 radical (unpaired) electrons. The molecule has 0 bridgehead atoms. The highest BCUT2D eigenvalue weighted by atomic mass is 79.9. The molecule has 1 aliphatic rings. The Bertz CT molecular complexity index is 414. The molecule has 1 aliphatic heterocycles. The second-order valence-electron chi connectivity index (χ2n) is 6.21. The molecule has 0 saturated carbocycles. The molecular weight excluding hydrogens is 302 g/mol. The molecule has 19 heavy (non-hydrogen) atoms. The lowest BCUT2D eigenvalue weighted by Crippen LogP contribution is -2.65. The average Bonchev–Trinajstić information content (AvgIpc) is 2.29. The zero-order valence-electron chi connectivity index (χ0n) is 12.3. The summed E-state index contributed by atoms with van der Waals surface area (Å²) in [5.41, 5.74) is 1.44. The third-order valence-electron chi connectivity index (χ3n) is 3.64. The number of rotatable bonds is 3. The minimum Gasteiger partial charge on any atom is -0.360 e. The first kappa shape index (κ1) is 14.8. The van der Waals surface area contributed by atoms with Crippen LogP contribution in [0.4, 0.5) is 5.69 Å². The Labute approximate surface area is 125 Å². The van der Waals surface area contributed by atoms with E-state index in [1.807, 2.05) is 0 Å². The Kier molecular flexibility index (Phi) is 4.54. The van der Waals surface area contributed by atoms with Crippen molar-refractivity contribution in [1.29, 1.82) is 0 Å². The van der Waals surface area contributed by atoms with Gasteiger partial charge < -0.3 is 15.1 Å². The van der Waals surface area contributed by atoms with Crippen LogP contribution in [-0.4, -0.2) is 50.2 Å². The van der Waals surface area contributed by atoms with Crippen molar-refractivity contribution in [2.45, 2.75) is 25.4 Å². The van der Waals surface area contributed by atoms with Crippen molar-refractivity contribution in [3.05, 3.63) is 28.7 Å². The van der Waals surface area contributed by atoms with Crippen molar-refractivity contribution in [2.75, 3.05) is 38.6 Å². The van der Waals surface area contributed by atoms with Gasteiger partial charge in [0.05, 0.1) is 6.04 Å². The number of likely N-dealkylation sites (N-methyl/N-ethyl adjacent to an activating group) is 1. The zero-order valence-corrected chi connectivity index (χ0v) is 13.9. The molecule has 1 fully saturated rings. The van der Waals surface area contributed by atoms with Gasteiger partial charge in [-0.2, -0.15) is 0 Å². The Hall–Kier alpha value is -0.580. The highest BCUT2D eigenvalue weighted by molar-refractivity contribution is 9.10. The van der Waals surface area contributed by atoms with Crippen LogP contribution in [0.5, 0.6) is 0 Å². The van der Waals surface area contributed by atoms with Crippen LogP contribution >= 0.6 is 15.9 Å². The van der Waals surface area contributed by atoms with Gasteiger partial charge in [-0.1, -0.05) is 15.9 Å². The van der Waals surface area contributed by atoms with Crippen molar-refractivity contribution < 1.29 is 0 Å². The summed E-state index contributed by atoms with van der Waals surface area (Å²) in [4.78, 5) is 4.83. The second kappa shape index (κ2) is 5.81. The normalized spacial score (nSPS) is 22.8. The number of piperazine rings is 1. The Morgan fingerprint density at radius 3 is 2.53 bits per heavy atom. The first-order valence-corrected chi connectivity index (χ1v) is 7.60. The van der Waals surface area contributed by atoms with Crippen molar-refractivity contribution in [2.24, 2.45) is 0 Å². The van der Waals surface area contributed by atoms with Crippen LogP contribution in [0, 0.1) is 0 Å². The fraction of sp³-hybridized carbons (Fsp3) is 0.600. The SMILES string of the molecule is CN(C)CC1CNCC(C)(C)N1c1ccc(Br)cc1. The number of halogens is 1. The summed E-state index contributed by atoms with van der Waals surface area (Å²) in [6.07, 6.45) is 0. The topological polar surface area (TPSA) is 18.5 Å². The molecule has 0 spiro atoms. The molecule has 1 heterocycles.